The van der Waals surface area contributed by atoms with E-state index in [-0.39, 0.29) is 11.4 Å². The zero-order valence-corrected chi connectivity index (χ0v) is 16.5. The molecule has 140 valence electrons. The van der Waals surface area contributed by atoms with E-state index in [9.17, 15) is 18.0 Å². The van der Waals surface area contributed by atoms with Gasteiger partial charge in [-0.3, -0.25) is 9.59 Å². The summed E-state index contributed by atoms with van der Waals surface area (Å²) in [5.74, 6) is -1.62. The summed E-state index contributed by atoms with van der Waals surface area (Å²) < 4.78 is 26.5. The normalized spacial score (nSPS) is 12.4. The molecule has 0 aliphatic heterocycles. The molecule has 0 aliphatic rings. The van der Waals surface area contributed by atoms with Gasteiger partial charge in [-0.1, -0.05) is 18.2 Å². The van der Waals surface area contributed by atoms with E-state index in [2.05, 4.69) is 10.6 Å². The number of carbonyl (C=O) groups excluding carboxylic acids is 2. The first kappa shape index (κ1) is 20.1. The van der Waals surface area contributed by atoms with Crippen molar-refractivity contribution in [2.75, 3.05) is 13.1 Å². The summed E-state index contributed by atoms with van der Waals surface area (Å²) in [6.07, 6.45) is 0. The Morgan fingerprint density at radius 3 is 2.42 bits per heavy atom. The number of hydrogen-bond acceptors (Lipinski definition) is 5. The van der Waals surface area contributed by atoms with Gasteiger partial charge in [-0.15, -0.1) is 11.3 Å². The van der Waals surface area contributed by atoms with Crippen molar-refractivity contribution in [2.45, 2.75) is 30.9 Å². The minimum absolute atomic E-state index is 0.174. The van der Waals surface area contributed by atoms with Crippen LogP contribution in [0.25, 0.3) is 0 Å². The number of rotatable bonds is 6. The van der Waals surface area contributed by atoms with Gasteiger partial charge in [0.05, 0.1) is 4.90 Å². The maximum Gasteiger partial charge on any atom is 0.309 e. The second kappa shape index (κ2) is 8.46. The van der Waals surface area contributed by atoms with Gasteiger partial charge in [0.25, 0.3) is 0 Å². The highest BCUT2D eigenvalue weighted by atomic mass is 32.2. The summed E-state index contributed by atoms with van der Waals surface area (Å²) in [7, 11) is -3.75. The molecule has 2 rings (SSSR count). The second-order valence-corrected chi connectivity index (χ2v) is 8.97. The Hall–Kier alpha value is -2.19. The van der Waals surface area contributed by atoms with E-state index in [1.807, 2.05) is 13.0 Å². The lowest BCUT2D eigenvalue weighted by Gasteiger charge is -2.19. The average molecular weight is 395 g/mol. The van der Waals surface area contributed by atoms with Crippen LogP contribution >= 0.6 is 11.3 Å². The molecule has 1 atom stereocenters. The number of amides is 2. The largest absolute Gasteiger partial charge is 0.348 e. The van der Waals surface area contributed by atoms with Gasteiger partial charge in [0.2, 0.25) is 0 Å². The van der Waals surface area contributed by atoms with Crippen LogP contribution in [0.1, 0.15) is 28.2 Å². The monoisotopic (exact) mass is 394 g/mol. The topological polar surface area (TPSA) is 92.3 Å². The molecule has 0 saturated carbocycles. The molecule has 0 bridgehead atoms. The molecule has 26 heavy (non-hydrogen) atoms. The van der Waals surface area contributed by atoms with Crippen molar-refractivity contribution >= 4 is 33.0 Å². The molecule has 8 heteroatoms. The van der Waals surface area contributed by atoms with Gasteiger partial charge in [-0.05, 0) is 49.4 Å². The highest BCUT2D eigenvalue weighted by molar-refractivity contribution is 7.92. The van der Waals surface area contributed by atoms with Gasteiger partial charge < -0.3 is 10.6 Å². The highest BCUT2D eigenvalue weighted by Crippen LogP contribution is 2.33. The lowest BCUT2D eigenvalue weighted by Crippen LogP contribution is -2.42. The van der Waals surface area contributed by atoms with Gasteiger partial charge >= 0.3 is 11.8 Å². The predicted octanol–water partition coefficient (Wildman–Crippen LogP) is 2.13. The molecule has 1 heterocycles. The van der Waals surface area contributed by atoms with Crippen LogP contribution < -0.4 is 10.6 Å². The minimum Gasteiger partial charge on any atom is -0.348 e. The number of sulfone groups is 1. The molecule has 2 amide bonds. The quantitative estimate of drug-likeness (QED) is 0.734. The fourth-order valence-electron chi connectivity index (χ4n) is 2.51. The lowest BCUT2D eigenvalue weighted by molar-refractivity contribution is -0.139. The first-order valence-corrected chi connectivity index (χ1v) is 10.6. The first-order chi connectivity index (χ1) is 12.3. The number of carbonyl (C=O) groups is 2. The van der Waals surface area contributed by atoms with Crippen LogP contribution in [-0.2, 0) is 19.4 Å². The molecular formula is C18H22N2O4S2. The number of thiophene rings is 1. The van der Waals surface area contributed by atoms with Crippen molar-refractivity contribution < 1.29 is 18.0 Å². The van der Waals surface area contributed by atoms with E-state index in [1.165, 1.54) is 11.3 Å². The molecule has 6 nitrogen and oxygen atoms in total. The van der Waals surface area contributed by atoms with Crippen LogP contribution in [-0.4, -0.2) is 33.3 Å². The molecule has 0 radical (unpaired) electrons. The minimum atomic E-state index is -3.75. The van der Waals surface area contributed by atoms with Crippen molar-refractivity contribution in [2.24, 2.45) is 0 Å². The van der Waals surface area contributed by atoms with E-state index in [0.717, 1.165) is 5.56 Å². The Balaban J connectivity index is 2.35. The van der Waals surface area contributed by atoms with Crippen LogP contribution in [0.15, 0.2) is 40.6 Å². The van der Waals surface area contributed by atoms with Gasteiger partial charge in [0.15, 0.2) is 9.84 Å². The SMILES string of the molecule is CCNC(=O)C(=O)NC[C@@H](c1cccs1)S(=O)(=O)c1cc(C)ccc1C. The number of nitrogens with one attached hydrogen (secondary N) is 2. The molecule has 0 spiro atoms. The summed E-state index contributed by atoms with van der Waals surface area (Å²) in [4.78, 5) is 24.3. The average Bonchev–Trinajstić information content (AvgIpc) is 3.11. The molecule has 1 aromatic heterocycles. The number of likely N-dealkylation sites (N-methyl/N-ethyl adjacent to an activating group) is 1. The first-order valence-electron chi connectivity index (χ1n) is 8.18. The van der Waals surface area contributed by atoms with E-state index < -0.39 is 26.9 Å². The van der Waals surface area contributed by atoms with Crippen LogP contribution in [0.3, 0.4) is 0 Å². The standard InChI is InChI=1S/C18H22N2O4S2/c1-4-19-17(21)18(22)20-11-16(14-6-5-9-25-14)26(23,24)15-10-12(2)7-8-13(15)3/h5-10,16H,4,11H2,1-3H3,(H,19,21)(H,20,22)/t16-/m0/s1. The Morgan fingerprint density at radius 1 is 1.12 bits per heavy atom. The zero-order valence-electron chi connectivity index (χ0n) is 14.9. The molecule has 0 fully saturated rings. The summed E-state index contributed by atoms with van der Waals surface area (Å²) in [5.41, 5.74) is 1.48. The Morgan fingerprint density at radius 2 is 1.81 bits per heavy atom. The maximum atomic E-state index is 13.3. The second-order valence-electron chi connectivity index (χ2n) is 5.89. The van der Waals surface area contributed by atoms with Crippen molar-refractivity contribution in [3.63, 3.8) is 0 Å². The van der Waals surface area contributed by atoms with Crippen molar-refractivity contribution in [1.29, 1.82) is 0 Å². The van der Waals surface area contributed by atoms with Gasteiger partial charge in [-0.2, -0.15) is 0 Å². The molecule has 0 saturated heterocycles. The summed E-state index contributed by atoms with van der Waals surface area (Å²) in [6, 6.07) is 8.73. The number of benzene rings is 1. The van der Waals surface area contributed by atoms with Crippen molar-refractivity contribution in [1.82, 2.24) is 10.6 Å². The zero-order chi connectivity index (χ0) is 19.3. The third-order valence-corrected chi connectivity index (χ3v) is 7.23. The van der Waals surface area contributed by atoms with E-state index in [0.29, 0.717) is 17.0 Å². The summed E-state index contributed by atoms with van der Waals surface area (Å²) in [5, 5.41) is 5.66. The Kier molecular flexibility index (Phi) is 6.55. The van der Waals surface area contributed by atoms with E-state index in [1.54, 1.807) is 43.5 Å². The fourth-order valence-corrected chi connectivity index (χ4v) is 5.63. The lowest BCUT2D eigenvalue weighted by atomic mass is 10.2. The van der Waals surface area contributed by atoms with Crippen LogP contribution in [0.2, 0.25) is 0 Å². The van der Waals surface area contributed by atoms with Gasteiger partial charge in [0, 0.05) is 18.0 Å². The molecule has 2 N–H and O–H groups in total. The van der Waals surface area contributed by atoms with E-state index >= 15 is 0 Å². The summed E-state index contributed by atoms with van der Waals surface area (Å²) >= 11 is 1.30. The third kappa shape index (κ3) is 4.50. The number of aryl methyl sites for hydroxylation is 2. The van der Waals surface area contributed by atoms with Crippen LogP contribution in [0, 0.1) is 13.8 Å². The Labute approximate surface area is 157 Å². The fraction of sp³-hybridized carbons (Fsp3) is 0.333. The third-order valence-electron chi connectivity index (χ3n) is 3.88. The molecule has 0 aliphatic carbocycles. The Bertz CT molecular complexity index is 890. The molecule has 0 unspecified atom stereocenters. The van der Waals surface area contributed by atoms with Crippen molar-refractivity contribution in [3.05, 3.63) is 51.7 Å². The van der Waals surface area contributed by atoms with Crippen LogP contribution in [0.4, 0.5) is 0 Å². The van der Waals surface area contributed by atoms with Gasteiger partial charge in [-0.25, -0.2) is 8.42 Å². The van der Waals surface area contributed by atoms with Crippen molar-refractivity contribution in [3.8, 4) is 0 Å². The predicted molar refractivity (Wildman–Crippen MR) is 102 cm³/mol. The van der Waals surface area contributed by atoms with Crippen LogP contribution in [0.5, 0.6) is 0 Å². The van der Waals surface area contributed by atoms with Gasteiger partial charge in [0.1, 0.15) is 5.25 Å². The molecule has 1 aromatic carbocycles. The molecule has 2 aromatic rings. The smallest absolute Gasteiger partial charge is 0.309 e. The number of hydrogen-bond donors (Lipinski definition) is 2. The highest BCUT2D eigenvalue weighted by Gasteiger charge is 2.32. The maximum absolute atomic E-state index is 13.3. The van der Waals surface area contributed by atoms with E-state index in [4.69, 9.17) is 0 Å². The summed E-state index contributed by atoms with van der Waals surface area (Å²) in [6.45, 7) is 5.42. The molecular weight excluding hydrogens is 372 g/mol.